The Morgan fingerprint density at radius 2 is 1.76 bits per heavy atom. The van der Waals surface area contributed by atoms with Crippen molar-refractivity contribution in [3.8, 4) is 11.3 Å². The Morgan fingerprint density at radius 3 is 2.46 bits per heavy atom. The van der Waals surface area contributed by atoms with Crippen molar-refractivity contribution in [3.63, 3.8) is 0 Å². The number of sulfonamides is 1. The summed E-state index contributed by atoms with van der Waals surface area (Å²) in [7, 11) is -3.68. The standard InChI is InChI=1S/C26H31N7O3S/c1-19(34)17-31-12-14-32(15-13-31)22-8-6-21(7-9-22)29-26-28-16-23-10-11-25(33(23)30-26)24-5-3-2-4-20(24)18-37(27,35)36/h2-11,16,19,34H,12-15,17-18H2,1H3,(H,29,30)(H2,27,35,36)/t19-/m0/s1. The molecule has 0 spiro atoms. The Labute approximate surface area is 216 Å². The molecular weight excluding hydrogens is 490 g/mol. The van der Waals surface area contributed by atoms with Crippen LogP contribution in [0, 0.1) is 0 Å². The van der Waals surface area contributed by atoms with Crippen LogP contribution in [0.25, 0.3) is 16.8 Å². The van der Waals surface area contributed by atoms with Gasteiger partial charge in [0.1, 0.15) is 0 Å². The average Bonchev–Trinajstić information content (AvgIpc) is 3.27. The van der Waals surface area contributed by atoms with E-state index in [9.17, 15) is 13.5 Å². The lowest BCUT2D eigenvalue weighted by Crippen LogP contribution is -2.48. The molecule has 0 unspecified atom stereocenters. The Bertz CT molecular complexity index is 1480. The number of nitrogens with zero attached hydrogens (tertiary/aromatic N) is 5. The summed E-state index contributed by atoms with van der Waals surface area (Å²) < 4.78 is 25.2. The maximum absolute atomic E-state index is 11.7. The highest BCUT2D eigenvalue weighted by molar-refractivity contribution is 7.88. The van der Waals surface area contributed by atoms with E-state index < -0.39 is 10.0 Å². The molecule has 37 heavy (non-hydrogen) atoms. The molecule has 194 valence electrons. The lowest BCUT2D eigenvalue weighted by molar-refractivity contribution is 0.123. The topological polar surface area (TPSA) is 129 Å². The number of aliphatic hydroxyl groups is 1. The number of nitrogens with two attached hydrogens (primary N) is 1. The molecule has 4 N–H and O–H groups in total. The molecule has 11 heteroatoms. The van der Waals surface area contributed by atoms with Gasteiger partial charge in [-0.05, 0) is 48.9 Å². The second-order valence-electron chi connectivity index (χ2n) is 9.41. The predicted octanol–water partition coefficient (Wildman–Crippen LogP) is 2.43. The van der Waals surface area contributed by atoms with Gasteiger partial charge in [-0.3, -0.25) is 4.90 Å². The van der Waals surface area contributed by atoms with Crippen LogP contribution >= 0.6 is 0 Å². The van der Waals surface area contributed by atoms with Gasteiger partial charge in [-0.2, -0.15) is 0 Å². The first-order valence-corrected chi connectivity index (χ1v) is 13.9. The third-order valence-electron chi connectivity index (χ3n) is 6.43. The van der Waals surface area contributed by atoms with E-state index in [1.54, 1.807) is 22.8 Å². The van der Waals surface area contributed by atoms with Gasteiger partial charge in [-0.25, -0.2) is 23.1 Å². The lowest BCUT2D eigenvalue weighted by Gasteiger charge is -2.36. The number of fused-ring (bicyclic) bond motifs is 1. The zero-order chi connectivity index (χ0) is 26.0. The first-order valence-electron chi connectivity index (χ1n) is 12.2. The van der Waals surface area contributed by atoms with E-state index in [-0.39, 0.29) is 11.9 Å². The molecule has 1 saturated heterocycles. The SMILES string of the molecule is C[C@H](O)CN1CCN(c2ccc(Nc3ncc4ccc(-c5ccccc5CS(N)(=O)=O)n4n3)cc2)CC1. The number of hydrogen-bond acceptors (Lipinski definition) is 8. The molecule has 4 aromatic rings. The number of piperazine rings is 1. The predicted molar refractivity (Wildman–Crippen MR) is 145 cm³/mol. The van der Waals surface area contributed by atoms with Crippen LogP contribution in [0.1, 0.15) is 12.5 Å². The average molecular weight is 522 g/mol. The highest BCUT2D eigenvalue weighted by atomic mass is 32.2. The van der Waals surface area contributed by atoms with Crippen molar-refractivity contribution in [3.05, 3.63) is 72.4 Å². The molecule has 1 atom stereocenters. The fourth-order valence-electron chi connectivity index (χ4n) is 4.72. The third-order valence-corrected chi connectivity index (χ3v) is 7.15. The molecule has 0 amide bonds. The Hall–Kier alpha value is -3.51. The van der Waals surface area contributed by atoms with Gasteiger partial charge in [0.2, 0.25) is 16.0 Å². The molecule has 0 radical (unpaired) electrons. The number of anilines is 3. The van der Waals surface area contributed by atoms with Gasteiger partial charge in [0.25, 0.3) is 0 Å². The van der Waals surface area contributed by atoms with Crippen LogP contribution in [0.4, 0.5) is 17.3 Å². The Kier molecular flexibility index (Phi) is 7.11. The molecule has 0 aliphatic carbocycles. The van der Waals surface area contributed by atoms with Crippen molar-refractivity contribution in [2.45, 2.75) is 18.8 Å². The lowest BCUT2D eigenvalue weighted by atomic mass is 10.1. The van der Waals surface area contributed by atoms with E-state index >= 15 is 0 Å². The summed E-state index contributed by atoms with van der Waals surface area (Å²) in [4.78, 5) is 9.07. The van der Waals surface area contributed by atoms with Crippen LogP contribution in [0.2, 0.25) is 0 Å². The number of aliphatic hydroxyl groups excluding tert-OH is 1. The smallest absolute Gasteiger partial charge is 0.245 e. The fourth-order valence-corrected chi connectivity index (χ4v) is 5.41. The minimum atomic E-state index is -3.68. The van der Waals surface area contributed by atoms with Gasteiger partial charge in [0.15, 0.2) is 0 Å². The van der Waals surface area contributed by atoms with Gasteiger partial charge in [-0.15, -0.1) is 5.10 Å². The highest BCUT2D eigenvalue weighted by Crippen LogP contribution is 2.27. The number of rotatable bonds is 8. The quantitative estimate of drug-likeness (QED) is 0.322. The van der Waals surface area contributed by atoms with Gasteiger partial charge in [-0.1, -0.05) is 24.3 Å². The number of aromatic nitrogens is 3. The van der Waals surface area contributed by atoms with Crippen LogP contribution in [-0.4, -0.2) is 71.9 Å². The minimum Gasteiger partial charge on any atom is -0.392 e. The van der Waals surface area contributed by atoms with Crippen LogP contribution in [-0.2, 0) is 15.8 Å². The number of benzene rings is 2. The Balaban J connectivity index is 1.32. The summed E-state index contributed by atoms with van der Waals surface area (Å²) >= 11 is 0. The number of primary sulfonamides is 1. The molecule has 5 rings (SSSR count). The maximum atomic E-state index is 11.7. The van der Waals surface area contributed by atoms with Crippen LogP contribution in [0.5, 0.6) is 0 Å². The summed E-state index contributed by atoms with van der Waals surface area (Å²) in [6.07, 6.45) is 1.42. The van der Waals surface area contributed by atoms with Crippen LogP contribution in [0.15, 0.2) is 66.9 Å². The van der Waals surface area contributed by atoms with Gasteiger partial charge in [0, 0.05) is 49.7 Å². The summed E-state index contributed by atoms with van der Waals surface area (Å²) in [5, 5.41) is 22.8. The molecule has 0 saturated carbocycles. The van der Waals surface area contributed by atoms with Crippen molar-refractivity contribution in [2.75, 3.05) is 42.9 Å². The first-order chi connectivity index (χ1) is 17.7. The van der Waals surface area contributed by atoms with E-state index in [1.165, 1.54) is 0 Å². The summed E-state index contributed by atoms with van der Waals surface area (Å²) in [5.74, 6) is 0.169. The van der Waals surface area contributed by atoms with Crippen molar-refractivity contribution < 1.29 is 13.5 Å². The zero-order valence-corrected chi connectivity index (χ0v) is 21.5. The first kappa shape index (κ1) is 25.2. The molecule has 2 aromatic carbocycles. The van der Waals surface area contributed by atoms with Crippen LogP contribution < -0.4 is 15.4 Å². The van der Waals surface area contributed by atoms with E-state index in [2.05, 4.69) is 37.3 Å². The fraction of sp³-hybridized carbons (Fsp3) is 0.308. The zero-order valence-electron chi connectivity index (χ0n) is 20.7. The monoisotopic (exact) mass is 521 g/mol. The van der Waals surface area contributed by atoms with Gasteiger partial charge in [0.05, 0.1) is 29.3 Å². The molecule has 2 aromatic heterocycles. The molecule has 10 nitrogen and oxygen atoms in total. The van der Waals surface area contributed by atoms with Gasteiger partial charge < -0.3 is 15.3 Å². The molecule has 0 bridgehead atoms. The summed E-state index contributed by atoms with van der Waals surface area (Å²) in [6, 6.07) is 19.2. The van der Waals surface area contributed by atoms with Crippen LogP contribution in [0.3, 0.4) is 0 Å². The summed E-state index contributed by atoms with van der Waals surface area (Å²) in [5.41, 5.74) is 4.91. The molecular formula is C26H31N7O3S. The van der Waals surface area contributed by atoms with Crippen molar-refractivity contribution in [1.29, 1.82) is 0 Å². The number of β-amino-alcohol motifs (C(OH)–C–C–N with tert-alkyl or cyclic N) is 1. The highest BCUT2D eigenvalue weighted by Gasteiger charge is 2.18. The minimum absolute atomic E-state index is 0.255. The second-order valence-corrected chi connectivity index (χ2v) is 11.0. The summed E-state index contributed by atoms with van der Waals surface area (Å²) in [6.45, 7) is 6.23. The third kappa shape index (κ3) is 6.08. The van der Waals surface area contributed by atoms with Crippen molar-refractivity contribution in [1.82, 2.24) is 19.5 Å². The van der Waals surface area contributed by atoms with E-state index in [4.69, 9.17) is 5.14 Å². The molecule has 3 heterocycles. The largest absolute Gasteiger partial charge is 0.392 e. The number of nitrogens with one attached hydrogen (secondary N) is 1. The maximum Gasteiger partial charge on any atom is 0.245 e. The Morgan fingerprint density at radius 1 is 1.03 bits per heavy atom. The van der Waals surface area contributed by atoms with Crippen molar-refractivity contribution >= 4 is 32.9 Å². The van der Waals surface area contributed by atoms with Gasteiger partial charge >= 0.3 is 0 Å². The second kappa shape index (κ2) is 10.5. The molecule has 1 aliphatic heterocycles. The molecule has 1 aliphatic rings. The molecule has 1 fully saturated rings. The van der Waals surface area contributed by atoms with Crippen molar-refractivity contribution in [2.24, 2.45) is 5.14 Å². The van der Waals surface area contributed by atoms with E-state index in [0.29, 0.717) is 18.1 Å². The number of hydrogen-bond donors (Lipinski definition) is 3. The normalized spacial score (nSPS) is 15.7. The van der Waals surface area contributed by atoms with E-state index in [0.717, 1.165) is 54.3 Å². The van der Waals surface area contributed by atoms with E-state index in [1.807, 2.05) is 43.3 Å².